The molecule has 4 rings (SSSR count). The van der Waals surface area contributed by atoms with E-state index >= 15 is 0 Å². The van der Waals surface area contributed by atoms with E-state index in [0.717, 1.165) is 6.07 Å². The third kappa shape index (κ3) is 4.93. The van der Waals surface area contributed by atoms with Crippen LogP contribution in [0.25, 0.3) is 0 Å². The van der Waals surface area contributed by atoms with Crippen LogP contribution < -0.4 is 75.3 Å². The van der Waals surface area contributed by atoms with Gasteiger partial charge < -0.3 is 21.0 Å². The van der Waals surface area contributed by atoms with Gasteiger partial charge in [0.2, 0.25) is 0 Å². The number of rotatable bonds is 4. The zero-order chi connectivity index (χ0) is 22.5. The minimum atomic E-state index is -4.85. The molecule has 0 unspecified atom stereocenters. The number of nitrogens with two attached hydrogens (primary N) is 1. The number of benzene rings is 3. The number of carbonyl (C=O) groups excluding carboxylic acids is 3. The minimum absolute atomic E-state index is 0. The summed E-state index contributed by atoms with van der Waals surface area (Å²) in [6.07, 6.45) is 0. The van der Waals surface area contributed by atoms with Gasteiger partial charge in [-0.1, -0.05) is 36.4 Å². The molecule has 3 aromatic rings. The summed E-state index contributed by atoms with van der Waals surface area (Å²) in [6.45, 7) is 0. The normalized spacial score (nSPS) is 12.0. The van der Waals surface area contributed by atoms with Crippen LogP contribution in [0, 0.1) is 0 Å². The first-order valence-electron chi connectivity index (χ1n) is 8.80. The maximum absolute atomic E-state index is 13.2. The number of nitrogens with one attached hydrogen (secondary N) is 1. The molecule has 0 amide bonds. The maximum Gasteiger partial charge on any atom is 1.00 e. The predicted octanol–water partition coefficient (Wildman–Crippen LogP) is -4.59. The van der Waals surface area contributed by atoms with E-state index in [2.05, 4.69) is 5.32 Å². The molecule has 0 atom stereocenters. The van der Waals surface area contributed by atoms with Crippen molar-refractivity contribution in [1.29, 1.82) is 0 Å². The van der Waals surface area contributed by atoms with Crippen molar-refractivity contribution in [3.05, 3.63) is 82.4 Å². The average molecular weight is 483 g/mol. The molecule has 0 saturated carbocycles. The quantitative estimate of drug-likeness (QED) is 0.147. The van der Waals surface area contributed by atoms with Crippen LogP contribution in [0.2, 0.25) is 0 Å². The van der Waals surface area contributed by atoms with Gasteiger partial charge in [-0.25, -0.2) is 0 Å². The minimum Gasteiger partial charge on any atom is -0.545 e. The van der Waals surface area contributed by atoms with Crippen LogP contribution in [0.1, 0.15) is 42.2 Å². The van der Waals surface area contributed by atoms with Crippen LogP contribution in [0.4, 0.5) is 17.1 Å². The molecule has 0 radical (unpaired) electrons. The van der Waals surface area contributed by atoms with E-state index in [9.17, 15) is 32.5 Å². The van der Waals surface area contributed by atoms with Gasteiger partial charge in [0.25, 0.3) is 10.1 Å². The van der Waals surface area contributed by atoms with Crippen molar-refractivity contribution in [2.75, 3.05) is 11.1 Å². The monoisotopic (exact) mass is 483 g/mol. The third-order valence-electron chi connectivity index (χ3n) is 4.86. The number of hydrogen-bond donors (Lipinski definition) is 3. The first kappa shape index (κ1) is 27.2. The molecule has 33 heavy (non-hydrogen) atoms. The second-order valence-corrected chi connectivity index (χ2v) is 8.15. The summed E-state index contributed by atoms with van der Waals surface area (Å²) in [5, 5.41) is 13.9. The molecule has 0 heterocycles. The Balaban J connectivity index is 0.00000193. The Morgan fingerprint density at radius 2 is 1.48 bits per heavy atom. The molecule has 1 aliphatic rings. The van der Waals surface area contributed by atoms with E-state index in [4.69, 9.17) is 5.73 Å². The molecule has 0 saturated heterocycles. The van der Waals surface area contributed by atoms with Crippen molar-refractivity contribution in [2.24, 2.45) is 0 Å². The Morgan fingerprint density at radius 3 is 2.03 bits per heavy atom. The maximum atomic E-state index is 13.2. The molecule has 0 aromatic heterocycles. The number of carboxylic acid groups (broad SMARTS) is 1. The number of carboxylic acids is 1. The summed E-state index contributed by atoms with van der Waals surface area (Å²) >= 11 is 0. The number of aromatic carboxylic acids is 1. The van der Waals surface area contributed by atoms with Gasteiger partial charge in [-0.3, -0.25) is 14.1 Å². The average Bonchev–Trinajstić information content (AvgIpc) is 2.72. The fourth-order valence-electron chi connectivity index (χ4n) is 3.49. The zero-order valence-corrected chi connectivity index (χ0v) is 22.4. The molecule has 1 aliphatic carbocycles. The number of hydrogen-bond acceptors (Lipinski definition) is 8. The molecular formula is C21H13N2Na2O7S+. The van der Waals surface area contributed by atoms with Crippen LogP contribution in [0.3, 0.4) is 0 Å². The van der Waals surface area contributed by atoms with Crippen molar-refractivity contribution in [2.45, 2.75) is 4.90 Å². The van der Waals surface area contributed by atoms with E-state index in [-0.39, 0.29) is 98.3 Å². The summed E-state index contributed by atoms with van der Waals surface area (Å²) in [4.78, 5) is 36.6. The Bertz CT molecular complexity index is 1420. The van der Waals surface area contributed by atoms with Gasteiger partial charge in [0.15, 0.2) is 11.6 Å². The van der Waals surface area contributed by atoms with Gasteiger partial charge in [-0.15, -0.1) is 0 Å². The van der Waals surface area contributed by atoms with Crippen LogP contribution in [-0.4, -0.2) is 30.5 Å². The third-order valence-corrected chi connectivity index (χ3v) is 5.75. The Kier molecular flexibility index (Phi) is 8.32. The van der Waals surface area contributed by atoms with Crippen LogP contribution in [-0.2, 0) is 10.1 Å². The van der Waals surface area contributed by atoms with Gasteiger partial charge in [-0.05, 0) is 23.8 Å². The Morgan fingerprint density at radius 1 is 0.909 bits per heavy atom. The van der Waals surface area contributed by atoms with Gasteiger partial charge >= 0.3 is 59.1 Å². The standard InChI is InChI=1S/C21H14N2O7S.2Na/c22-18-15(31(28,29)30)9-14(23-11-5-3-4-10(8-11)21(26)27)16-17(18)20(25)13-7-2-1-6-12(13)19(16)24;;/h1-9,23H,22H2,(H,26,27)(H,28,29,30);;/q;2*+1/p-1. The summed E-state index contributed by atoms with van der Waals surface area (Å²) in [5.41, 5.74) is 4.81. The second kappa shape index (κ2) is 10.1. The SMILES string of the molecule is Nc1c(S(=O)(=O)O)cc(Nc2cccc(C(=O)[O-])c2)c2c1C(=O)c1ccccc1C2=O.[Na+].[Na+]. The van der Waals surface area contributed by atoms with E-state index in [1.807, 2.05) is 0 Å². The Labute approximate surface area is 232 Å². The van der Waals surface area contributed by atoms with E-state index in [1.54, 1.807) is 12.1 Å². The molecular weight excluding hydrogens is 470 g/mol. The van der Waals surface area contributed by atoms with Crippen molar-refractivity contribution >= 4 is 44.7 Å². The molecule has 9 nitrogen and oxygen atoms in total. The first-order valence-corrected chi connectivity index (χ1v) is 10.2. The van der Waals surface area contributed by atoms with Crippen molar-refractivity contribution < 1.29 is 91.6 Å². The fraction of sp³-hybridized carbons (Fsp3) is 0. The van der Waals surface area contributed by atoms with E-state index in [1.165, 1.54) is 36.4 Å². The second-order valence-electron chi connectivity index (χ2n) is 6.76. The van der Waals surface area contributed by atoms with Gasteiger partial charge in [0.05, 0.1) is 28.5 Å². The number of anilines is 3. The van der Waals surface area contributed by atoms with Gasteiger partial charge in [-0.2, -0.15) is 8.42 Å². The fourth-order valence-corrected chi connectivity index (χ4v) is 4.13. The van der Waals surface area contributed by atoms with Crippen LogP contribution in [0.15, 0.2) is 59.5 Å². The largest absolute Gasteiger partial charge is 1.00 e. The molecule has 3 aromatic carbocycles. The number of carbonyl (C=O) groups is 3. The first-order chi connectivity index (χ1) is 14.6. The van der Waals surface area contributed by atoms with Crippen molar-refractivity contribution in [1.82, 2.24) is 0 Å². The van der Waals surface area contributed by atoms with Crippen molar-refractivity contribution in [3.8, 4) is 0 Å². The summed E-state index contributed by atoms with van der Waals surface area (Å²) in [7, 11) is -4.85. The van der Waals surface area contributed by atoms with E-state index in [0.29, 0.717) is 0 Å². The predicted molar refractivity (Wildman–Crippen MR) is 108 cm³/mol. The topological polar surface area (TPSA) is 167 Å². The molecule has 0 aliphatic heterocycles. The van der Waals surface area contributed by atoms with Gasteiger partial charge in [0, 0.05) is 16.8 Å². The smallest absolute Gasteiger partial charge is 0.545 e. The van der Waals surface area contributed by atoms with Crippen LogP contribution in [0.5, 0.6) is 0 Å². The van der Waals surface area contributed by atoms with Gasteiger partial charge in [0.1, 0.15) is 4.90 Å². The molecule has 0 spiro atoms. The number of nitrogen functional groups attached to an aromatic ring is 1. The molecule has 0 bridgehead atoms. The summed E-state index contributed by atoms with van der Waals surface area (Å²) in [6, 6.07) is 12.3. The molecule has 12 heteroatoms. The number of ketones is 2. The summed E-state index contributed by atoms with van der Waals surface area (Å²) in [5.74, 6) is -2.71. The summed E-state index contributed by atoms with van der Waals surface area (Å²) < 4.78 is 33.4. The molecule has 156 valence electrons. The van der Waals surface area contributed by atoms with E-state index < -0.39 is 38.2 Å². The molecule has 4 N–H and O–H groups in total. The molecule has 0 fully saturated rings. The number of fused-ring (bicyclic) bond motifs is 2. The Hall–Kier alpha value is -2.02. The van der Waals surface area contributed by atoms with Crippen molar-refractivity contribution in [3.63, 3.8) is 0 Å². The zero-order valence-electron chi connectivity index (χ0n) is 17.6. The van der Waals surface area contributed by atoms with Crippen LogP contribution >= 0.6 is 0 Å².